The minimum absolute atomic E-state index is 0.0115. The van der Waals surface area contributed by atoms with Crippen molar-refractivity contribution in [2.24, 2.45) is 0 Å². The molecule has 23 heavy (non-hydrogen) atoms. The third kappa shape index (κ3) is 2.84. The molecule has 0 atom stereocenters. The molecule has 0 aliphatic heterocycles. The number of H-pyrrole nitrogens is 1. The van der Waals surface area contributed by atoms with Gasteiger partial charge >= 0.3 is 0 Å². The van der Waals surface area contributed by atoms with Crippen molar-refractivity contribution in [1.29, 1.82) is 0 Å². The molecule has 0 spiro atoms. The summed E-state index contributed by atoms with van der Waals surface area (Å²) in [5, 5.41) is 21.7. The number of benzene rings is 2. The van der Waals surface area contributed by atoms with E-state index in [2.05, 4.69) is 22.1 Å². The summed E-state index contributed by atoms with van der Waals surface area (Å²) in [6.45, 7) is 3.96. The number of nitro groups is 1. The highest BCUT2D eigenvalue weighted by atomic mass is 16.6. The molecule has 7 heteroatoms. The highest BCUT2D eigenvalue weighted by Crippen LogP contribution is 2.27. The number of nitrogens with zero attached hydrogens (tertiary/aromatic N) is 2. The lowest BCUT2D eigenvalue weighted by molar-refractivity contribution is -0.384. The van der Waals surface area contributed by atoms with Crippen molar-refractivity contribution in [1.82, 2.24) is 10.2 Å². The lowest BCUT2D eigenvalue weighted by Gasteiger charge is -2.08. The van der Waals surface area contributed by atoms with Gasteiger partial charge in [-0.15, -0.1) is 0 Å². The van der Waals surface area contributed by atoms with Gasteiger partial charge in [0.25, 0.3) is 5.69 Å². The average molecular weight is 310 g/mol. The molecule has 1 heterocycles. The van der Waals surface area contributed by atoms with Gasteiger partial charge in [0.1, 0.15) is 11.4 Å². The molecule has 2 aromatic carbocycles. The van der Waals surface area contributed by atoms with E-state index in [1.165, 1.54) is 12.1 Å². The number of nitrogens with one attached hydrogen (secondary N) is 2. The van der Waals surface area contributed by atoms with Crippen LogP contribution in [0.1, 0.15) is 5.69 Å². The van der Waals surface area contributed by atoms with E-state index in [0.717, 1.165) is 11.4 Å². The second-order valence-electron chi connectivity index (χ2n) is 4.89. The Kier molecular flexibility index (Phi) is 3.68. The number of ether oxygens (including phenoxy) is 1. The summed E-state index contributed by atoms with van der Waals surface area (Å²) in [4.78, 5) is 10.5. The van der Waals surface area contributed by atoms with E-state index >= 15 is 0 Å². The fourth-order valence-corrected chi connectivity index (χ4v) is 2.25. The number of non-ortho nitro benzene ring substituents is 1. The van der Waals surface area contributed by atoms with E-state index in [1.807, 2.05) is 24.3 Å². The Balaban J connectivity index is 1.90. The third-order valence-corrected chi connectivity index (χ3v) is 3.43. The largest absolute Gasteiger partial charge is 0.497 e. The number of aromatic amines is 1. The van der Waals surface area contributed by atoms with Crippen LogP contribution in [-0.4, -0.2) is 22.2 Å². The van der Waals surface area contributed by atoms with E-state index in [-0.39, 0.29) is 5.69 Å². The van der Waals surface area contributed by atoms with Crippen LogP contribution >= 0.6 is 0 Å². The molecule has 0 aliphatic carbocycles. The Morgan fingerprint density at radius 1 is 1.30 bits per heavy atom. The zero-order chi connectivity index (χ0) is 16.4. The molecule has 116 valence electrons. The SMILES string of the molecule is C=C(Nc1ccc(OC)cc1)c1n[nH]c2ccc([N+](=O)[O-])cc12. The van der Waals surface area contributed by atoms with Crippen molar-refractivity contribution in [2.75, 3.05) is 12.4 Å². The van der Waals surface area contributed by atoms with E-state index in [9.17, 15) is 10.1 Å². The smallest absolute Gasteiger partial charge is 0.270 e. The van der Waals surface area contributed by atoms with Crippen LogP contribution in [0.4, 0.5) is 11.4 Å². The molecule has 3 rings (SSSR count). The van der Waals surface area contributed by atoms with Gasteiger partial charge < -0.3 is 10.1 Å². The average Bonchev–Trinajstić information content (AvgIpc) is 2.98. The fourth-order valence-electron chi connectivity index (χ4n) is 2.25. The maximum Gasteiger partial charge on any atom is 0.270 e. The molecule has 2 N–H and O–H groups in total. The van der Waals surface area contributed by atoms with Crippen molar-refractivity contribution in [3.63, 3.8) is 0 Å². The molecule has 0 aliphatic rings. The van der Waals surface area contributed by atoms with Crippen LogP contribution in [0, 0.1) is 10.1 Å². The maximum absolute atomic E-state index is 10.9. The number of nitro benzene ring substituents is 1. The van der Waals surface area contributed by atoms with E-state index in [1.54, 1.807) is 13.2 Å². The number of anilines is 1. The second kappa shape index (κ2) is 5.80. The molecular formula is C16H14N4O3. The Bertz CT molecular complexity index is 884. The molecule has 0 unspecified atom stereocenters. The molecular weight excluding hydrogens is 296 g/mol. The van der Waals surface area contributed by atoms with Crippen LogP contribution in [0.5, 0.6) is 5.75 Å². The fraction of sp³-hybridized carbons (Fsp3) is 0.0625. The molecule has 3 aromatic rings. The summed E-state index contributed by atoms with van der Waals surface area (Å²) < 4.78 is 5.11. The number of hydrogen-bond donors (Lipinski definition) is 2. The van der Waals surface area contributed by atoms with Gasteiger partial charge in [-0.05, 0) is 30.3 Å². The van der Waals surface area contributed by atoms with E-state index in [4.69, 9.17) is 4.74 Å². The van der Waals surface area contributed by atoms with Gasteiger partial charge in [0.05, 0.1) is 23.2 Å². The highest BCUT2D eigenvalue weighted by molar-refractivity contribution is 5.93. The van der Waals surface area contributed by atoms with Crippen LogP contribution in [0.2, 0.25) is 0 Å². The first-order valence-electron chi connectivity index (χ1n) is 6.81. The molecule has 0 radical (unpaired) electrons. The van der Waals surface area contributed by atoms with Crippen molar-refractivity contribution in [2.45, 2.75) is 0 Å². The summed E-state index contributed by atoms with van der Waals surface area (Å²) in [5.74, 6) is 0.752. The normalized spacial score (nSPS) is 10.5. The number of aromatic nitrogens is 2. The third-order valence-electron chi connectivity index (χ3n) is 3.43. The number of rotatable bonds is 5. The summed E-state index contributed by atoms with van der Waals surface area (Å²) in [6.07, 6.45) is 0. The van der Waals surface area contributed by atoms with Crippen LogP contribution in [0.15, 0.2) is 49.0 Å². The van der Waals surface area contributed by atoms with Gasteiger partial charge in [-0.2, -0.15) is 5.10 Å². The summed E-state index contributed by atoms with van der Waals surface area (Å²) in [5.41, 5.74) is 2.62. The zero-order valence-corrected chi connectivity index (χ0v) is 12.4. The predicted molar refractivity (Wildman–Crippen MR) is 88.4 cm³/mol. The van der Waals surface area contributed by atoms with Gasteiger partial charge in [0, 0.05) is 23.2 Å². The number of methoxy groups -OCH3 is 1. The van der Waals surface area contributed by atoms with Crippen molar-refractivity contribution < 1.29 is 9.66 Å². The van der Waals surface area contributed by atoms with Gasteiger partial charge in [-0.1, -0.05) is 6.58 Å². The first-order chi connectivity index (χ1) is 11.1. The quantitative estimate of drug-likeness (QED) is 0.555. The molecule has 1 aromatic heterocycles. The van der Waals surface area contributed by atoms with Crippen molar-refractivity contribution in [3.05, 3.63) is 64.9 Å². The van der Waals surface area contributed by atoms with E-state index < -0.39 is 4.92 Å². The standard InChI is InChI=1S/C16H14N4O3/c1-10(17-11-3-6-13(23-2)7-4-11)16-14-9-12(20(21)22)5-8-15(14)18-19-16/h3-9,17H,1H2,2H3,(H,18,19). The topological polar surface area (TPSA) is 93.1 Å². The minimum Gasteiger partial charge on any atom is -0.497 e. The predicted octanol–water partition coefficient (Wildman–Crippen LogP) is 3.56. The summed E-state index contributed by atoms with van der Waals surface area (Å²) in [7, 11) is 1.60. The van der Waals surface area contributed by atoms with E-state index in [0.29, 0.717) is 22.3 Å². The highest BCUT2D eigenvalue weighted by Gasteiger charge is 2.14. The molecule has 0 bridgehead atoms. The first kappa shape index (κ1) is 14.6. The molecule has 7 nitrogen and oxygen atoms in total. The van der Waals surface area contributed by atoms with Crippen LogP contribution in [0.3, 0.4) is 0 Å². The van der Waals surface area contributed by atoms with Crippen LogP contribution < -0.4 is 10.1 Å². The molecule has 0 saturated carbocycles. The maximum atomic E-state index is 10.9. The summed E-state index contributed by atoms with van der Waals surface area (Å²) in [6, 6.07) is 11.9. The lowest BCUT2D eigenvalue weighted by atomic mass is 10.1. The Hall–Kier alpha value is -3.35. The Morgan fingerprint density at radius 3 is 2.70 bits per heavy atom. The van der Waals surface area contributed by atoms with Gasteiger partial charge in [0.15, 0.2) is 0 Å². The second-order valence-corrected chi connectivity index (χ2v) is 4.89. The first-order valence-corrected chi connectivity index (χ1v) is 6.81. The van der Waals surface area contributed by atoms with Gasteiger partial charge in [-0.25, -0.2) is 0 Å². The lowest BCUT2D eigenvalue weighted by Crippen LogP contribution is -1.98. The molecule has 0 saturated heterocycles. The molecule has 0 fully saturated rings. The minimum atomic E-state index is -0.435. The zero-order valence-electron chi connectivity index (χ0n) is 12.4. The number of hydrogen-bond acceptors (Lipinski definition) is 5. The van der Waals surface area contributed by atoms with Crippen molar-refractivity contribution in [3.8, 4) is 5.75 Å². The van der Waals surface area contributed by atoms with Gasteiger partial charge in [-0.3, -0.25) is 15.2 Å². The Morgan fingerprint density at radius 2 is 2.04 bits per heavy atom. The monoisotopic (exact) mass is 310 g/mol. The summed E-state index contributed by atoms with van der Waals surface area (Å²) >= 11 is 0. The van der Waals surface area contributed by atoms with Crippen LogP contribution in [-0.2, 0) is 0 Å². The van der Waals surface area contributed by atoms with Gasteiger partial charge in [0.2, 0.25) is 0 Å². The number of fused-ring (bicyclic) bond motifs is 1. The van der Waals surface area contributed by atoms with Crippen LogP contribution in [0.25, 0.3) is 16.6 Å². The van der Waals surface area contributed by atoms with Crippen molar-refractivity contribution >= 4 is 28.0 Å². The Labute approximate surface area is 131 Å². The molecule has 0 amide bonds.